The highest BCUT2D eigenvalue weighted by molar-refractivity contribution is 5.80. The summed E-state index contributed by atoms with van der Waals surface area (Å²) in [4.78, 5) is 31.5. The number of nitrogens with one attached hydrogen (secondary N) is 2. The maximum Gasteiger partial charge on any atom is 0.303 e. The van der Waals surface area contributed by atoms with Gasteiger partial charge in [0, 0.05) is 18.2 Å². The second kappa shape index (κ2) is 9.27. The number of carboxylic acids is 1. The number of nitrogens with zero attached hydrogens (tertiary/aromatic N) is 2. The monoisotopic (exact) mass is 428 g/mol. The van der Waals surface area contributed by atoms with Crippen LogP contribution in [0.5, 0.6) is 5.75 Å². The van der Waals surface area contributed by atoms with Crippen LogP contribution in [-0.4, -0.2) is 71.6 Å². The smallest absolute Gasteiger partial charge is 0.303 e. The van der Waals surface area contributed by atoms with Crippen LogP contribution in [0.15, 0.2) is 36.5 Å². The van der Waals surface area contributed by atoms with Crippen LogP contribution < -0.4 is 15.4 Å². The molecule has 3 heterocycles. The first kappa shape index (κ1) is 21.0. The first-order chi connectivity index (χ1) is 15.0. The Kier molecular flexibility index (Phi) is 6.28. The second-order valence-electron chi connectivity index (χ2n) is 7.41. The zero-order valence-electron chi connectivity index (χ0n) is 17.0. The Balaban J connectivity index is 1.37. The molecule has 1 amide bonds. The Hall–Kier alpha value is -3.24. The van der Waals surface area contributed by atoms with Crippen molar-refractivity contribution in [2.75, 3.05) is 25.6 Å². The number of aromatic nitrogens is 2. The lowest BCUT2D eigenvalue weighted by Crippen LogP contribution is -2.44. The van der Waals surface area contributed by atoms with Gasteiger partial charge in [0.1, 0.15) is 18.0 Å². The van der Waals surface area contributed by atoms with Crippen LogP contribution in [0, 0.1) is 0 Å². The standard InChI is InChI=1S/C21H24N4O6/c1-29-13-4-2-12(3-5-13)14-8-9-22-21(24-14)25-16-11-31-19-15(10-30-20(16)19)23-17(26)6-7-18(27)28/h2-5,8-9,15-16,19-20H,6-7,10-11H2,1H3,(H,23,26)(H,27,28)(H,22,24,25). The fourth-order valence-corrected chi connectivity index (χ4v) is 3.76. The zero-order valence-corrected chi connectivity index (χ0v) is 17.0. The first-order valence-electron chi connectivity index (χ1n) is 10.0. The van der Waals surface area contributed by atoms with E-state index in [1.54, 1.807) is 13.3 Å². The maximum atomic E-state index is 11.9. The van der Waals surface area contributed by atoms with Crippen molar-refractivity contribution < 1.29 is 28.9 Å². The Morgan fingerprint density at radius 1 is 1.10 bits per heavy atom. The minimum absolute atomic E-state index is 0.0725. The van der Waals surface area contributed by atoms with Gasteiger partial charge in [0.2, 0.25) is 11.9 Å². The van der Waals surface area contributed by atoms with Crippen molar-refractivity contribution in [3.8, 4) is 17.0 Å². The largest absolute Gasteiger partial charge is 0.497 e. The number of hydrogen-bond acceptors (Lipinski definition) is 8. The molecule has 2 aliphatic heterocycles. The molecule has 4 unspecified atom stereocenters. The average molecular weight is 428 g/mol. The van der Waals surface area contributed by atoms with Gasteiger partial charge >= 0.3 is 5.97 Å². The van der Waals surface area contributed by atoms with Gasteiger partial charge in [-0.2, -0.15) is 0 Å². The van der Waals surface area contributed by atoms with E-state index in [1.165, 1.54) is 0 Å². The number of carbonyl (C=O) groups is 2. The van der Waals surface area contributed by atoms with Crippen LogP contribution in [0.4, 0.5) is 5.95 Å². The van der Waals surface area contributed by atoms with E-state index in [0.29, 0.717) is 19.2 Å². The number of hydrogen-bond donors (Lipinski definition) is 3. The molecule has 4 atom stereocenters. The van der Waals surface area contributed by atoms with Gasteiger partial charge < -0.3 is 30.0 Å². The molecule has 31 heavy (non-hydrogen) atoms. The lowest BCUT2D eigenvalue weighted by Gasteiger charge is -2.18. The predicted molar refractivity (Wildman–Crippen MR) is 110 cm³/mol. The number of fused-ring (bicyclic) bond motifs is 1. The molecule has 0 radical (unpaired) electrons. The topological polar surface area (TPSA) is 132 Å². The average Bonchev–Trinajstić information content (AvgIpc) is 3.36. The number of aliphatic carboxylic acids is 1. The summed E-state index contributed by atoms with van der Waals surface area (Å²) in [6.07, 6.45) is 0.828. The van der Waals surface area contributed by atoms with Gasteiger partial charge in [-0.3, -0.25) is 9.59 Å². The van der Waals surface area contributed by atoms with Crippen molar-refractivity contribution in [1.29, 1.82) is 0 Å². The van der Waals surface area contributed by atoms with E-state index in [2.05, 4.69) is 20.6 Å². The number of carboxylic acid groups (broad SMARTS) is 1. The summed E-state index contributed by atoms with van der Waals surface area (Å²) in [6.45, 7) is 0.687. The van der Waals surface area contributed by atoms with E-state index < -0.39 is 5.97 Å². The summed E-state index contributed by atoms with van der Waals surface area (Å²) in [5.41, 5.74) is 1.71. The van der Waals surface area contributed by atoms with Crippen LogP contribution in [0.3, 0.4) is 0 Å². The van der Waals surface area contributed by atoms with Gasteiger partial charge in [-0.15, -0.1) is 0 Å². The highest BCUT2D eigenvalue weighted by Gasteiger charge is 2.48. The third kappa shape index (κ3) is 4.92. The van der Waals surface area contributed by atoms with E-state index in [1.807, 2.05) is 30.3 Å². The highest BCUT2D eigenvalue weighted by atomic mass is 16.6. The number of carbonyl (C=O) groups excluding carboxylic acids is 1. The normalized spacial score (nSPS) is 24.4. The molecule has 10 nitrogen and oxygen atoms in total. The zero-order chi connectivity index (χ0) is 21.8. The molecule has 1 aromatic heterocycles. The lowest BCUT2D eigenvalue weighted by atomic mass is 10.1. The molecule has 164 valence electrons. The van der Waals surface area contributed by atoms with Gasteiger partial charge in [-0.1, -0.05) is 0 Å². The van der Waals surface area contributed by atoms with Gasteiger partial charge in [-0.05, 0) is 30.3 Å². The second-order valence-corrected chi connectivity index (χ2v) is 7.41. The van der Waals surface area contributed by atoms with E-state index in [-0.39, 0.29) is 43.0 Å². The van der Waals surface area contributed by atoms with Crippen LogP contribution in [0.1, 0.15) is 12.8 Å². The molecular formula is C21H24N4O6. The molecule has 3 N–H and O–H groups in total. The first-order valence-corrected chi connectivity index (χ1v) is 10.0. The number of rotatable bonds is 8. The number of anilines is 1. The molecule has 2 aliphatic rings. The van der Waals surface area contributed by atoms with Crippen LogP contribution in [-0.2, 0) is 19.1 Å². The van der Waals surface area contributed by atoms with Gasteiger partial charge in [0.15, 0.2) is 0 Å². The van der Waals surface area contributed by atoms with Gasteiger partial charge in [0.05, 0.1) is 44.5 Å². The molecule has 1 aromatic carbocycles. The molecular weight excluding hydrogens is 404 g/mol. The fourth-order valence-electron chi connectivity index (χ4n) is 3.76. The summed E-state index contributed by atoms with van der Waals surface area (Å²) >= 11 is 0. The Morgan fingerprint density at radius 2 is 1.81 bits per heavy atom. The SMILES string of the molecule is COc1ccc(-c2ccnc(NC3COC4C(NC(=O)CCC(=O)O)COC34)n2)cc1. The van der Waals surface area contributed by atoms with Crippen LogP contribution in [0.2, 0.25) is 0 Å². The number of methoxy groups -OCH3 is 1. The van der Waals surface area contributed by atoms with Crippen molar-refractivity contribution in [3.63, 3.8) is 0 Å². The van der Waals surface area contributed by atoms with Crippen molar-refractivity contribution in [2.24, 2.45) is 0 Å². The number of ether oxygens (including phenoxy) is 3. The van der Waals surface area contributed by atoms with Gasteiger partial charge in [-0.25, -0.2) is 9.97 Å². The molecule has 10 heteroatoms. The maximum absolute atomic E-state index is 11.9. The van der Waals surface area contributed by atoms with Crippen molar-refractivity contribution in [3.05, 3.63) is 36.5 Å². The molecule has 0 saturated carbocycles. The Bertz CT molecular complexity index is 938. The number of benzene rings is 1. The third-order valence-corrected chi connectivity index (χ3v) is 5.32. The minimum atomic E-state index is -1.01. The van der Waals surface area contributed by atoms with E-state index >= 15 is 0 Å². The molecule has 4 rings (SSSR count). The van der Waals surface area contributed by atoms with Crippen molar-refractivity contribution in [1.82, 2.24) is 15.3 Å². The molecule has 2 aromatic rings. The van der Waals surface area contributed by atoms with Crippen molar-refractivity contribution in [2.45, 2.75) is 37.1 Å². The van der Waals surface area contributed by atoms with Gasteiger partial charge in [0.25, 0.3) is 0 Å². The molecule has 0 aliphatic carbocycles. The Labute approximate surface area is 178 Å². The van der Waals surface area contributed by atoms with Crippen molar-refractivity contribution >= 4 is 17.8 Å². The molecule has 2 fully saturated rings. The highest BCUT2D eigenvalue weighted by Crippen LogP contribution is 2.29. The molecule has 0 spiro atoms. The minimum Gasteiger partial charge on any atom is -0.497 e. The molecule has 2 saturated heterocycles. The summed E-state index contributed by atoms with van der Waals surface area (Å²) in [5.74, 6) is -0.102. The van der Waals surface area contributed by atoms with E-state index in [4.69, 9.17) is 19.3 Å². The van der Waals surface area contributed by atoms with Crippen LogP contribution >= 0.6 is 0 Å². The lowest BCUT2D eigenvalue weighted by molar-refractivity contribution is -0.139. The summed E-state index contributed by atoms with van der Waals surface area (Å²) in [5, 5.41) is 14.8. The van der Waals surface area contributed by atoms with E-state index in [9.17, 15) is 9.59 Å². The van der Waals surface area contributed by atoms with E-state index in [0.717, 1.165) is 17.0 Å². The third-order valence-electron chi connectivity index (χ3n) is 5.32. The molecule has 0 bridgehead atoms. The fraction of sp³-hybridized carbons (Fsp3) is 0.429. The summed E-state index contributed by atoms with van der Waals surface area (Å²) in [7, 11) is 1.62. The quantitative estimate of drug-likeness (QED) is 0.565. The summed E-state index contributed by atoms with van der Waals surface area (Å²) < 4.78 is 16.9. The van der Waals surface area contributed by atoms with Crippen LogP contribution in [0.25, 0.3) is 11.3 Å². The number of amides is 1. The Morgan fingerprint density at radius 3 is 2.52 bits per heavy atom. The summed E-state index contributed by atoms with van der Waals surface area (Å²) in [6, 6.07) is 8.94. The predicted octanol–water partition coefficient (Wildman–Crippen LogP) is 1.08.